The third-order valence-electron chi connectivity index (χ3n) is 2.08. The Balaban J connectivity index is 3.12. The molecule has 2 amide bonds. The van der Waals surface area contributed by atoms with E-state index in [0.29, 0.717) is 5.69 Å². The zero-order valence-corrected chi connectivity index (χ0v) is 9.82. The second kappa shape index (κ2) is 5.78. The number of quaternary nitrogens is 1. The van der Waals surface area contributed by atoms with Gasteiger partial charge in [-0.2, -0.15) is 0 Å². The minimum Gasteiger partial charge on any atom is -0.478 e. The highest BCUT2D eigenvalue weighted by Gasteiger charge is 2.11. The molecular weight excluding hydrogens is 238 g/mol. The molecule has 0 spiro atoms. The van der Waals surface area contributed by atoms with Crippen molar-refractivity contribution in [2.24, 2.45) is 0 Å². The van der Waals surface area contributed by atoms with Crippen molar-refractivity contribution in [2.45, 2.75) is 6.92 Å². The highest BCUT2D eigenvalue weighted by Crippen LogP contribution is 2.23. The molecule has 0 radical (unpaired) electrons. The maximum absolute atomic E-state index is 11.3. The first kappa shape index (κ1) is 13.7. The van der Waals surface area contributed by atoms with Crippen molar-refractivity contribution in [2.75, 3.05) is 17.2 Å². The van der Waals surface area contributed by atoms with Crippen molar-refractivity contribution in [3.05, 3.63) is 23.8 Å². The minimum atomic E-state index is -1.12. The summed E-state index contributed by atoms with van der Waals surface area (Å²) in [6, 6.07) is 4.04. The van der Waals surface area contributed by atoms with Gasteiger partial charge in [-0.1, -0.05) is 0 Å². The number of nitrogens with one attached hydrogen (secondary N) is 2. The number of hydrogen-bond donors (Lipinski definition) is 4. The number of carboxylic acid groups (broad SMARTS) is 1. The summed E-state index contributed by atoms with van der Waals surface area (Å²) in [5, 5.41) is 13.8. The van der Waals surface area contributed by atoms with Gasteiger partial charge in [0, 0.05) is 6.92 Å². The smallest absolute Gasteiger partial charge is 0.335 e. The fourth-order valence-electron chi connectivity index (χ4n) is 1.29. The summed E-state index contributed by atoms with van der Waals surface area (Å²) in [6.07, 6.45) is 0. The topological polar surface area (TPSA) is 123 Å². The third-order valence-corrected chi connectivity index (χ3v) is 2.08. The van der Waals surface area contributed by atoms with Crippen LogP contribution in [0.3, 0.4) is 0 Å². The number of carbonyl (C=O) groups excluding carboxylic acids is 2. The number of carboxylic acids is 1. The van der Waals surface area contributed by atoms with E-state index in [4.69, 9.17) is 5.11 Å². The second-order valence-electron chi connectivity index (χ2n) is 3.54. The van der Waals surface area contributed by atoms with Crippen LogP contribution in [-0.4, -0.2) is 29.4 Å². The fourth-order valence-corrected chi connectivity index (χ4v) is 1.29. The maximum Gasteiger partial charge on any atom is 0.335 e. The van der Waals surface area contributed by atoms with E-state index in [1.807, 2.05) is 0 Å². The lowest BCUT2D eigenvalue weighted by molar-refractivity contribution is -0.353. The molecular formula is C11H14N3O4+. The first-order chi connectivity index (χ1) is 8.43. The Morgan fingerprint density at radius 1 is 1.22 bits per heavy atom. The van der Waals surface area contributed by atoms with Crippen LogP contribution in [0.5, 0.6) is 0 Å². The highest BCUT2D eigenvalue weighted by molar-refractivity contribution is 6.01. The Bertz CT molecular complexity index is 499. The van der Waals surface area contributed by atoms with Crippen LogP contribution < -0.4 is 16.4 Å². The third kappa shape index (κ3) is 3.56. The Labute approximate surface area is 103 Å². The fraction of sp³-hybridized carbons (Fsp3) is 0.182. The quantitative estimate of drug-likeness (QED) is 0.578. The molecule has 7 heteroatoms. The van der Waals surface area contributed by atoms with Crippen LogP contribution in [0.2, 0.25) is 0 Å². The van der Waals surface area contributed by atoms with E-state index in [1.54, 1.807) is 0 Å². The molecule has 0 aliphatic heterocycles. The van der Waals surface area contributed by atoms with E-state index in [1.165, 1.54) is 25.1 Å². The lowest BCUT2D eigenvalue weighted by atomic mass is 10.1. The molecule has 1 aromatic rings. The molecule has 6 N–H and O–H groups in total. The Morgan fingerprint density at radius 3 is 2.39 bits per heavy atom. The summed E-state index contributed by atoms with van der Waals surface area (Å²) in [4.78, 5) is 33.1. The standard InChI is InChI=1S/C11H13N3O4/c1-6(15)13-8-3-2-7(11(17)18)4-9(8)14-10(16)5-12/h2-4H,5,12H2,1H3,(H,13,15)(H,14,16)(H,17,18)/p+1. The zero-order valence-electron chi connectivity index (χ0n) is 9.82. The van der Waals surface area contributed by atoms with E-state index in [-0.39, 0.29) is 29.6 Å². The van der Waals surface area contributed by atoms with Crippen molar-refractivity contribution >= 4 is 29.2 Å². The van der Waals surface area contributed by atoms with E-state index in [2.05, 4.69) is 16.4 Å². The van der Waals surface area contributed by atoms with Gasteiger partial charge >= 0.3 is 5.97 Å². The van der Waals surface area contributed by atoms with Crippen LogP contribution in [0.25, 0.3) is 0 Å². The largest absolute Gasteiger partial charge is 0.478 e. The second-order valence-corrected chi connectivity index (χ2v) is 3.54. The first-order valence-electron chi connectivity index (χ1n) is 5.18. The van der Waals surface area contributed by atoms with Crippen molar-refractivity contribution in [1.82, 2.24) is 0 Å². The predicted molar refractivity (Wildman–Crippen MR) is 64.1 cm³/mol. The number of benzene rings is 1. The zero-order chi connectivity index (χ0) is 13.7. The molecule has 0 heterocycles. The number of carbonyl (C=O) groups is 3. The van der Waals surface area contributed by atoms with Gasteiger partial charge in [0.25, 0.3) is 5.91 Å². The van der Waals surface area contributed by atoms with Crippen LogP contribution in [0, 0.1) is 0 Å². The van der Waals surface area contributed by atoms with Gasteiger partial charge in [-0.3, -0.25) is 9.59 Å². The molecule has 96 valence electrons. The van der Waals surface area contributed by atoms with Crippen LogP contribution >= 0.6 is 0 Å². The van der Waals surface area contributed by atoms with Crippen LogP contribution in [0.1, 0.15) is 17.3 Å². The Hall–Kier alpha value is -2.41. The van der Waals surface area contributed by atoms with Crippen LogP contribution in [0.15, 0.2) is 18.2 Å². The van der Waals surface area contributed by atoms with Gasteiger partial charge in [0.05, 0.1) is 16.9 Å². The molecule has 7 nitrogen and oxygen atoms in total. The molecule has 0 saturated heterocycles. The van der Waals surface area contributed by atoms with Gasteiger partial charge < -0.3 is 21.5 Å². The molecule has 0 bridgehead atoms. The molecule has 0 fully saturated rings. The molecule has 0 atom stereocenters. The molecule has 18 heavy (non-hydrogen) atoms. The number of amides is 2. The lowest BCUT2D eigenvalue weighted by Gasteiger charge is -2.11. The monoisotopic (exact) mass is 252 g/mol. The molecule has 0 aliphatic carbocycles. The van der Waals surface area contributed by atoms with Crippen molar-refractivity contribution in [3.8, 4) is 0 Å². The summed E-state index contributed by atoms with van der Waals surface area (Å²) in [6.45, 7) is 1.33. The van der Waals surface area contributed by atoms with Gasteiger partial charge in [0.15, 0.2) is 6.54 Å². The molecule has 0 aliphatic rings. The summed E-state index contributed by atoms with van der Waals surface area (Å²) in [5.74, 6) is -1.80. The molecule has 1 rings (SSSR count). The van der Waals surface area contributed by atoms with E-state index in [0.717, 1.165) is 0 Å². The van der Waals surface area contributed by atoms with Gasteiger partial charge in [-0.05, 0) is 18.2 Å². The van der Waals surface area contributed by atoms with Gasteiger partial charge in [-0.25, -0.2) is 4.79 Å². The minimum absolute atomic E-state index is 0.0107. The van der Waals surface area contributed by atoms with Crippen molar-refractivity contribution < 1.29 is 25.2 Å². The molecule has 0 unspecified atom stereocenters. The summed E-state index contributed by atoms with van der Waals surface area (Å²) >= 11 is 0. The Kier molecular flexibility index (Phi) is 4.39. The van der Waals surface area contributed by atoms with Gasteiger partial charge in [-0.15, -0.1) is 0 Å². The lowest BCUT2D eigenvalue weighted by Crippen LogP contribution is -2.55. The van der Waals surface area contributed by atoms with E-state index >= 15 is 0 Å². The summed E-state index contributed by atoms with van der Waals surface area (Å²) in [5.41, 5.74) is 4.01. The van der Waals surface area contributed by atoms with Crippen LogP contribution in [0.4, 0.5) is 11.4 Å². The van der Waals surface area contributed by atoms with E-state index < -0.39 is 5.97 Å². The first-order valence-corrected chi connectivity index (χ1v) is 5.18. The van der Waals surface area contributed by atoms with Gasteiger partial charge in [0.1, 0.15) is 0 Å². The molecule has 1 aromatic carbocycles. The number of rotatable bonds is 4. The summed E-state index contributed by atoms with van der Waals surface area (Å²) < 4.78 is 0. The van der Waals surface area contributed by atoms with Crippen molar-refractivity contribution in [1.29, 1.82) is 0 Å². The van der Waals surface area contributed by atoms with Crippen molar-refractivity contribution in [3.63, 3.8) is 0 Å². The van der Waals surface area contributed by atoms with Gasteiger partial charge in [0.2, 0.25) is 5.91 Å². The Morgan fingerprint density at radius 2 is 1.89 bits per heavy atom. The SMILES string of the molecule is CC(=O)Nc1ccc(C(=O)O)cc1NC(=O)C[NH3+]. The predicted octanol–water partition coefficient (Wildman–Crippen LogP) is -0.476. The van der Waals surface area contributed by atoms with Crippen LogP contribution in [-0.2, 0) is 9.59 Å². The maximum atomic E-state index is 11.3. The number of hydrogen-bond acceptors (Lipinski definition) is 3. The molecule has 0 aromatic heterocycles. The number of aromatic carboxylic acids is 1. The summed E-state index contributed by atoms with van der Waals surface area (Å²) in [7, 11) is 0. The average Bonchev–Trinajstić information content (AvgIpc) is 2.30. The normalized spacial score (nSPS) is 9.67. The number of anilines is 2. The highest BCUT2D eigenvalue weighted by atomic mass is 16.4. The van der Waals surface area contributed by atoms with E-state index in [9.17, 15) is 14.4 Å². The average molecular weight is 252 g/mol. The molecule has 0 saturated carbocycles.